The van der Waals surface area contributed by atoms with Gasteiger partial charge in [0.05, 0.1) is 6.61 Å². The molecule has 1 unspecified atom stereocenters. The van der Waals surface area contributed by atoms with Crippen molar-refractivity contribution >= 4 is 16.7 Å². The number of carboxylic acids is 1. The first-order chi connectivity index (χ1) is 9.16. The molecule has 0 fully saturated rings. The Morgan fingerprint density at radius 1 is 1.21 bits per heavy atom. The highest BCUT2D eigenvalue weighted by molar-refractivity contribution is 5.83. The van der Waals surface area contributed by atoms with E-state index in [4.69, 9.17) is 15.6 Å². The fourth-order valence-electron chi connectivity index (χ4n) is 1.87. The lowest BCUT2D eigenvalue weighted by Gasteiger charge is -2.09. The molecule has 2 rings (SSSR count). The molecule has 0 saturated heterocycles. The van der Waals surface area contributed by atoms with Gasteiger partial charge in [-0.2, -0.15) is 0 Å². The highest BCUT2D eigenvalue weighted by Crippen LogP contribution is 2.20. The van der Waals surface area contributed by atoms with E-state index in [0.29, 0.717) is 19.4 Å². The second-order valence-electron chi connectivity index (χ2n) is 4.44. The third-order valence-corrected chi connectivity index (χ3v) is 2.97. The van der Waals surface area contributed by atoms with Crippen LogP contribution < -0.4 is 10.5 Å². The van der Waals surface area contributed by atoms with E-state index in [1.807, 2.05) is 42.5 Å². The van der Waals surface area contributed by atoms with Gasteiger partial charge in [0.15, 0.2) is 0 Å². The highest BCUT2D eigenvalue weighted by atomic mass is 16.5. The molecule has 2 aromatic carbocycles. The van der Waals surface area contributed by atoms with Crippen LogP contribution in [-0.4, -0.2) is 23.7 Å². The van der Waals surface area contributed by atoms with E-state index in [9.17, 15) is 4.79 Å². The summed E-state index contributed by atoms with van der Waals surface area (Å²) >= 11 is 0. The van der Waals surface area contributed by atoms with Crippen molar-refractivity contribution in [2.24, 2.45) is 5.73 Å². The molecule has 0 radical (unpaired) electrons. The minimum absolute atomic E-state index is 0.420. The predicted molar refractivity (Wildman–Crippen MR) is 74.3 cm³/mol. The number of nitrogens with two attached hydrogens (primary N) is 1. The van der Waals surface area contributed by atoms with Crippen molar-refractivity contribution in [3.8, 4) is 5.75 Å². The van der Waals surface area contributed by atoms with Crippen LogP contribution >= 0.6 is 0 Å². The maximum atomic E-state index is 10.5. The average Bonchev–Trinajstić information content (AvgIpc) is 2.43. The smallest absolute Gasteiger partial charge is 0.320 e. The van der Waals surface area contributed by atoms with Gasteiger partial charge < -0.3 is 15.6 Å². The highest BCUT2D eigenvalue weighted by Gasteiger charge is 2.10. The molecule has 1 atom stereocenters. The van der Waals surface area contributed by atoms with Crippen LogP contribution in [0.2, 0.25) is 0 Å². The summed E-state index contributed by atoms with van der Waals surface area (Å²) in [6, 6.07) is 13.2. The van der Waals surface area contributed by atoms with Gasteiger partial charge >= 0.3 is 5.97 Å². The number of rotatable bonds is 6. The van der Waals surface area contributed by atoms with E-state index in [-0.39, 0.29) is 0 Å². The Bertz CT molecular complexity index is 568. The molecule has 19 heavy (non-hydrogen) atoms. The Morgan fingerprint density at radius 3 is 2.68 bits per heavy atom. The third-order valence-electron chi connectivity index (χ3n) is 2.97. The number of carboxylic acid groups (broad SMARTS) is 1. The Labute approximate surface area is 111 Å². The van der Waals surface area contributed by atoms with Crippen molar-refractivity contribution in [3.05, 3.63) is 42.5 Å². The van der Waals surface area contributed by atoms with Gasteiger partial charge in [0.1, 0.15) is 11.8 Å². The molecule has 0 aliphatic carbocycles. The monoisotopic (exact) mass is 259 g/mol. The number of benzene rings is 2. The van der Waals surface area contributed by atoms with Gasteiger partial charge in [-0.05, 0) is 35.7 Å². The Balaban J connectivity index is 1.86. The van der Waals surface area contributed by atoms with Crippen LogP contribution in [0.1, 0.15) is 12.8 Å². The van der Waals surface area contributed by atoms with E-state index < -0.39 is 12.0 Å². The SMILES string of the molecule is NC(CCCOc1ccc2ccccc2c1)C(=O)O. The largest absolute Gasteiger partial charge is 0.494 e. The number of fused-ring (bicyclic) bond motifs is 1. The minimum atomic E-state index is -0.967. The first-order valence-corrected chi connectivity index (χ1v) is 6.27. The zero-order chi connectivity index (χ0) is 13.7. The maximum Gasteiger partial charge on any atom is 0.320 e. The molecule has 0 amide bonds. The minimum Gasteiger partial charge on any atom is -0.494 e. The average molecular weight is 259 g/mol. The molecule has 0 aromatic heterocycles. The van der Waals surface area contributed by atoms with Crippen LogP contribution in [0.15, 0.2) is 42.5 Å². The second kappa shape index (κ2) is 6.20. The van der Waals surface area contributed by atoms with E-state index in [1.165, 1.54) is 5.39 Å². The van der Waals surface area contributed by atoms with Crippen LogP contribution in [0, 0.1) is 0 Å². The van der Waals surface area contributed by atoms with E-state index in [0.717, 1.165) is 11.1 Å². The molecule has 0 saturated carbocycles. The summed E-state index contributed by atoms with van der Waals surface area (Å²) in [5.74, 6) is -0.173. The van der Waals surface area contributed by atoms with Crippen LogP contribution in [0.25, 0.3) is 10.8 Å². The van der Waals surface area contributed by atoms with Gasteiger partial charge in [-0.1, -0.05) is 30.3 Å². The molecule has 4 nitrogen and oxygen atoms in total. The van der Waals surface area contributed by atoms with E-state index >= 15 is 0 Å². The summed E-state index contributed by atoms with van der Waals surface area (Å²) in [4.78, 5) is 10.5. The predicted octanol–water partition coefficient (Wildman–Crippen LogP) is 2.41. The lowest BCUT2D eigenvalue weighted by atomic mass is 10.1. The van der Waals surface area contributed by atoms with Crippen LogP contribution in [0.3, 0.4) is 0 Å². The summed E-state index contributed by atoms with van der Waals surface area (Å²) in [6.07, 6.45) is 1.04. The van der Waals surface area contributed by atoms with E-state index in [2.05, 4.69) is 0 Å². The summed E-state index contributed by atoms with van der Waals surface area (Å²) in [5, 5.41) is 10.9. The van der Waals surface area contributed by atoms with Crippen LogP contribution in [0.4, 0.5) is 0 Å². The van der Waals surface area contributed by atoms with Crippen LogP contribution in [0.5, 0.6) is 5.75 Å². The van der Waals surface area contributed by atoms with Crippen LogP contribution in [-0.2, 0) is 4.79 Å². The van der Waals surface area contributed by atoms with Crippen molar-refractivity contribution in [1.82, 2.24) is 0 Å². The molecule has 0 spiro atoms. The fraction of sp³-hybridized carbons (Fsp3) is 0.267. The molecule has 4 heteroatoms. The van der Waals surface area contributed by atoms with Gasteiger partial charge in [-0.3, -0.25) is 4.79 Å². The first-order valence-electron chi connectivity index (χ1n) is 6.27. The number of hydrogen-bond acceptors (Lipinski definition) is 3. The standard InChI is InChI=1S/C15H17NO3/c16-14(15(17)18)6-3-9-19-13-8-7-11-4-1-2-5-12(11)10-13/h1-2,4-5,7-8,10,14H,3,6,9,16H2,(H,17,18). The van der Waals surface area contributed by atoms with Crippen molar-refractivity contribution in [2.75, 3.05) is 6.61 Å². The molecule has 3 N–H and O–H groups in total. The number of hydrogen-bond donors (Lipinski definition) is 2. The summed E-state index contributed by atoms with van der Waals surface area (Å²) in [5.41, 5.74) is 5.42. The Hall–Kier alpha value is -2.07. The van der Waals surface area contributed by atoms with Crippen molar-refractivity contribution in [1.29, 1.82) is 0 Å². The van der Waals surface area contributed by atoms with Crippen molar-refractivity contribution in [2.45, 2.75) is 18.9 Å². The first kappa shape index (κ1) is 13.4. The summed E-state index contributed by atoms with van der Waals surface area (Å²) in [6.45, 7) is 0.472. The van der Waals surface area contributed by atoms with Gasteiger partial charge in [0.25, 0.3) is 0 Å². The fourth-order valence-corrected chi connectivity index (χ4v) is 1.87. The van der Waals surface area contributed by atoms with Crippen molar-refractivity contribution < 1.29 is 14.6 Å². The number of aliphatic carboxylic acids is 1. The van der Waals surface area contributed by atoms with Gasteiger partial charge in [0.2, 0.25) is 0 Å². The lowest BCUT2D eigenvalue weighted by Crippen LogP contribution is -2.30. The molecular weight excluding hydrogens is 242 g/mol. The van der Waals surface area contributed by atoms with Gasteiger partial charge in [-0.15, -0.1) is 0 Å². The second-order valence-corrected chi connectivity index (χ2v) is 4.44. The lowest BCUT2D eigenvalue weighted by molar-refractivity contribution is -0.138. The van der Waals surface area contributed by atoms with E-state index in [1.54, 1.807) is 0 Å². The quantitative estimate of drug-likeness (QED) is 0.781. The molecular formula is C15H17NO3. The molecule has 2 aromatic rings. The van der Waals surface area contributed by atoms with Gasteiger partial charge in [0, 0.05) is 0 Å². The molecule has 0 aliphatic heterocycles. The number of carbonyl (C=O) groups is 1. The Morgan fingerprint density at radius 2 is 1.95 bits per heavy atom. The normalized spacial score (nSPS) is 12.3. The zero-order valence-corrected chi connectivity index (χ0v) is 10.6. The number of ether oxygens (including phenoxy) is 1. The third kappa shape index (κ3) is 3.69. The zero-order valence-electron chi connectivity index (χ0n) is 10.6. The summed E-state index contributed by atoms with van der Waals surface area (Å²) in [7, 11) is 0. The maximum absolute atomic E-state index is 10.5. The molecule has 0 aliphatic rings. The summed E-state index contributed by atoms with van der Waals surface area (Å²) < 4.78 is 5.60. The molecule has 0 bridgehead atoms. The molecule has 100 valence electrons. The van der Waals surface area contributed by atoms with Gasteiger partial charge in [-0.25, -0.2) is 0 Å². The van der Waals surface area contributed by atoms with Crippen molar-refractivity contribution in [3.63, 3.8) is 0 Å². The topological polar surface area (TPSA) is 72.5 Å². The Kier molecular flexibility index (Phi) is 4.36. The molecule has 0 heterocycles.